The normalized spacial score (nSPS) is 14.6. The molecule has 11 heteroatoms. The fourth-order valence-electron chi connectivity index (χ4n) is 4.39. The lowest BCUT2D eigenvalue weighted by atomic mass is 10.0. The number of alkyl halides is 3. The fourth-order valence-corrected chi connectivity index (χ4v) is 4.39. The average molecular weight is 530 g/mol. The number of rotatable bonds is 7. The molecule has 0 saturated carbocycles. The Hall–Kier alpha value is -3.89. The van der Waals surface area contributed by atoms with Crippen LogP contribution in [0, 0.1) is 5.92 Å². The lowest BCUT2D eigenvalue weighted by molar-refractivity contribution is -0.153. The van der Waals surface area contributed by atoms with E-state index in [2.05, 4.69) is 20.2 Å². The molecule has 0 spiro atoms. The monoisotopic (exact) mass is 529 g/mol. The molecular weight excluding hydrogens is 499 g/mol. The van der Waals surface area contributed by atoms with E-state index in [1.54, 1.807) is 42.5 Å². The van der Waals surface area contributed by atoms with Gasteiger partial charge in [-0.1, -0.05) is 32.0 Å². The van der Waals surface area contributed by atoms with Crippen molar-refractivity contribution in [2.24, 2.45) is 5.92 Å². The van der Waals surface area contributed by atoms with Gasteiger partial charge in [0.2, 0.25) is 17.6 Å². The maximum atomic E-state index is 13.6. The summed E-state index contributed by atoms with van der Waals surface area (Å²) in [5.41, 5.74) is -0.300. The van der Waals surface area contributed by atoms with Crippen molar-refractivity contribution in [3.8, 4) is 11.5 Å². The highest BCUT2D eigenvalue weighted by atomic mass is 19.4. The van der Waals surface area contributed by atoms with Gasteiger partial charge in [0.15, 0.2) is 5.69 Å². The van der Waals surface area contributed by atoms with Gasteiger partial charge in [0.25, 0.3) is 5.91 Å². The molecule has 2 amide bonds. The van der Waals surface area contributed by atoms with Crippen LogP contribution in [-0.4, -0.2) is 52.9 Å². The van der Waals surface area contributed by atoms with E-state index in [0.29, 0.717) is 36.8 Å². The van der Waals surface area contributed by atoms with E-state index in [1.165, 1.54) is 6.20 Å². The van der Waals surface area contributed by atoms with Gasteiger partial charge in [-0.05, 0) is 43.0 Å². The second kappa shape index (κ2) is 11.2. The Morgan fingerprint density at radius 3 is 2.39 bits per heavy atom. The van der Waals surface area contributed by atoms with Crippen LogP contribution < -0.4 is 10.2 Å². The highest BCUT2D eigenvalue weighted by Crippen LogP contribution is 2.35. The summed E-state index contributed by atoms with van der Waals surface area (Å²) in [7, 11) is 1.85. The summed E-state index contributed by atoms with van der Waals surface area (Å²) in [5, 5.41) is 2.43. The summed E-state index contributed by atoms with van der Waals surface area (Å²) < 4.78 is 45.6. The molecule has 0 atom stereocenters. The number of aromatic nitrogens is 2. The summed E-state index contributed by atoms with van der Waals surface area (Å²) >= 11 is 0. The molecule has 3 aromatic rings. The first-order chi connectivity index (χ1) is 18.0. The number of anilines is 2. The molecule has 3 heterocycles. The van der Waals surface area contributed by atoms with Crippen LogP contribution in [0.5, 0.6) is 0 Å². The van der Waals surface area contributed by atoms with Crippen molar-refractivity contribution in [2.45, 2.75) is 45.3 Å². The summed E-state index contributed by atoms with van der Waals surface area (Å²) in [4.78, 5) is 37.2. The minimum atomic E-state index is -4.89. The molecule has 1 saturated heterocycles. The van der Waals surface area contributed by atoms with Gasteiger partial charge in [0, 0.05) is 38.2 Å². The van der Waals surface area contributed by atoms with Crippen LogP contribution in [0.3, 0.4) is 0 Å². The van der Waals surface area contributed by atoms with Crippen molar-refractivity contribution in [1.82, 2.24) is 14.9 Å². The summed E-state index contributed by atoms with van der Waals surface area (Å²) in [6.07, 6.45) is -1.37. The second-order valence-electron chi connectivity index (χ2n) is 9.74. The quantitative estimate of drug-likeness (QED) is 0.436. The smallest absolute Gasteiger partial charge is 0.431 e. The second-order valence-corrected chi connectivity index (χ2v) is 9.74. The van der Waals surface area contributed by atoms with Crippen LogP contribution in [0.25, 0.3) is 11.5 Å². The van der Waals surface area contributed by atoms with E-state index in [-0.39, 0.29) is 23.5 Å². The number of benzene rings is 1. The zero-order chi connectivity index (χ0) is 27.4. The van der Waals surface area contributed by atoms with E-state index in [4.69, 9.17) is 4.42 Å². The van der Waals surface area contributed by atoms with Crippen molar-refractivity contribution in [3.63, 3.8) is 0 Å². The third kappa shape index (κ3) is 6.32. The zero-order valence-corrected chi connectivity index (χ0v) is 21.5. The van der Waals surface area contributed by atoms with E-state index in [0.717, 1.165) is 12.8 Å². The van der Waals surface area contributed by atoms with Crippen LogP contribution in [0.1, 0.15) is 49.4 Å². The number of nitrogens with one attached hydrogen (secondary N) is 1. The highest BCUT2D eigenvalue weighted by Gasteiger charge is 2.42. The first-order valence-corrected chi connectivity index (χ1v) is 12.4. The molecular formula is C27H30F3N5O3. The van der Waals surface area contributed by atoms with Gasteiger partial charge in [-0.2, -0.15) is 13.2 Å². The zero-order valence-electron chi connectivity index (χ0n) is 21.5. The molecule has 1 aromatic carbocycles. The van der Waals surface area contributed by atoms with Crippen molar-refractivity contribution in [1.29, 1.82) is 0 Å². The van der Waals surface area contributed by atoms with Crippen LogP contribution in [0.2, 0.25) is 0 Å². The molecule has 2 aromatic heterocycles. The molecule has 0 radical (unpaired) electrons. The van der Waals surface area contributed by atoms with Gasteiger partial charge in [-0.15, -0.1) is 0 Å². The average Bonchev–Trinajstić information content (AvgIpc) is 3.36. The Labute approximate surface area is 218 Å². The third-order valence-corrected chi connectivity index (χ3v) is 6.44. The summed E-state index contributed by atoms with van der Waals surface area (Å²) in [6, 6.07) is 11.5. The van der Waals surface area contributed by atoms with E-state index in [9.17, 15) is 22.8 Å². The van der Waals surface area contributed by atoms with E-state index >= 15 is 0 Å². The van der Waals surface area contributed by atoms with Crippen molar-refractivity contribution < 1.29 is 27.2 Å². The Bertz CT molecular complexity index is 1250. The van der Waals surface area contributed by atoms with E-state index in [1.807, 2.05) is 25.8 Å². The molecule has 38 heavy (non-hydrogen) atoms. The van der Waals surface area contributed by atoms with Gasteiger partial charge in [0.05, 0.1) is 11.9 Å². The van der Waals surface area contributed by atoms with Gasteiger partial charge >= 0.3 is 6.18 Å². The molecule has 4 rings (SSSR count). The largest absolute Gasteiger partial charge is 0.452 e. The molecule has 0 unspecified atom stereocenters. The Morgan fingerprint density at radius 1 is 1.13 bits per heavy atom. The maximum absolute atomic E-state index is 13.6. The van der Waals surface area contributed by atoms with Gasteiger partial charge in [-0.25, -0.2) is 9.97 Å². The van der Waals surface area contributed by atoms with E-state index < -0.39 is 23.5 Å². The number of carbonyl (C=O) groups is 2. The number of pyridine rings is 1. The molecule has 1 aliphatic heterocycles. The molecule has 202 valence electrons. The highest BCUT2D eigenvalue weighted by molar-refractivity contribution is 6.04. The number of amides is 2. The predicted molar refractivity (Wildman–Crippen MR) is 137 cm³/mol. The van der Waals surface area contributed by atoms with Gasteiger partial charge in [0.1, 0.15) is 5.82 Å². The topological polar surface area (TPSA) is 91.6 Å². The third-order valence-electron chi connectivity index (χ3n) is 6.44. The lowest BCUT2D eigenvalue weighted by Gasteiger charge is -2.37. The van der Waals surface area contributed by atoms with Gasteiger partial charge < -0.3 is 19.5 Å². The SMILES string of the molecule is CC(C)CC(=O)N(C)C1CCN(c2ccc(NC(=O)c3nc(-c4ccccc4)oc3C(F)(F)F)cn2)CC1. The number of carbonyl (C=O) groups excluding carboxylic acids is 2. The Morgan fingerprint density at radius 2 is 1.82 bits per heavy atom. The number of oxazole rings is 1. The van der Waals surface area contributed by atoms with Crippen molar-refractivity contribution in [3.05, 3.63) is 60.1 Å². The Balaban J connectivity index is 1.40. The lowest BCUT2D eigenvalue weighted by Crippen LogP contribution is -2.46. The van der Waals surface area contributed by atoms with Crippen molar-refractivity contribution in [2.75, 3.05) is 30.4 Å². The predicted octanol–water partition coefficient (Wildman–Crippen LogP) is 5.48. The molecule has 8 nitrogen and oxygen atoms in total. The first kappa shape index (κ1) is 27.2. The number of nitrogens with zero attached hydrogens (tertiary/aromatic N) is 4. The number of hydrogen-bond donors (Lipinski definition) is 1. The van der Waals surface area contributed by atoms with Crippen LogP contribution in [0.4, 0.5) is 24.7 Å². The number of halogens is 3. The molecule has 0 aliphatic carbocycles. The minimum absolute atomic E-state index is 0.147. The summed E-state index contributed by atoms with van der Waals surface area (Å²) in [6.45, 7) is 5.46. The molecule has 1 N–H and O–H groups in total. The summed E-state index contributed by atoms with van der Waals surface area (Å²) in [5.74, 6) is -1.67. The molecule has 0 bridgehead atoms. The molecule has 1 fully saturated rings. The number of hydrogen-bond acceptors (Lipinski definition) is 6. The standard InChI is InChI=1S/C27H30F3N5O3/c1-17(2)15-22(36)34(3)20-11-13-35(14-12-20)21-10-9-19(16-31-21)32-25(37)23-24(27(28,29)30)38-26(33-23)18-7-5-4-6-8-18/h4-10,16-17,20H,11-15H2,1-3H3,(H,32,37). The maximum Gasteiger partial charge on any atom is 0.452 e. The Kier molecular flexibility index (Phi) is 8.03. The first-order valence-electron chi connectivity index (χ1n) is 12.4. The minimum Gasteiger partial charge on any atom is -0.431 e. The van der Waals surface area contributed by atoms with Crippen molar-refractivity contribution >= 4 is 23.3 Å². The van der Waals surface area contributed by atoms with Gasteiger partial charge in [-0.3, -0.25) is 9.59 Å². The fraction of sp³-hybridized carbons (Fsp3) is 0.407. The number of piperidine rings is 1. The van der Waals surface area contributed by atoms with Crippen LogP contribution in [0.15, 0.2) is 53.1 Å². The molecule has 1 aliphatic rings. The van der Waals surface area contributed by atoms with Crippen LogP contribution >= 0.6 is 0 Å². The van der Waals surface area contributed by atoms with Crippen LogP contribution in [-0.2, 0) is 11.0 Å².